The number of fused-ring (bicyclic) bond motifs is 1. The molecule has 0 fully saturated rings. The minimum absolute atomic E-state index is 0.230. The zero-order chi connectivity index (χ0) is 20.0. The van der Waals surface area contributed by atoms with Gasteiger partial charge in [0.15, 0.2) is 4.80 Å². The van der Waals surface area contributed by atoms with E-state index in [-0.39, 0.29) is 5.56 Å². The molecule has 0 N–H and O–H groups in total. The minimum atomic E-state index is -0.649. The number of aryl methyl sites for hydroxylation is 1. The molecule has 1 aliphatic heterocycles. The lowest BCUT2D eigenvalue weighted by Gasteiger charge is -2.23. The van der Waals surface area contributed by atoms with Gasteiger partial charge in [-0.15, -0.1) is 0 Å². The van der Waals surface area contributed by atoms with Crippen molar-refractivity contribution in [1.82, 2.24) is 14.3 Å². The summed E-state index contributed by atoms with van der Waals surface area (Å²) in [4.78, 5) is 30.9. The maximum atomic E-state index is 13.3. The summed E-state index contributed by atoms with van der Waals surface area (Å²) in [5.74, 6) is -0.515. The number of ether oxygens (including phenoxy) is 1. The van der Waals surface area contributed by atoms with Crippen LogP contribution in [0.5, 0.6) is 0 Å². The largest absolute Gasteiger partial charge is 0.472 e. The van der Waals surface area contributed by atoms with E-state index in [0.29, 0.717) is 20.6 Å². The van der Waals surface area contributed by atoms with E-state index in [2.05, 4.69) is 10.1 Å². The SMILES string of the molecule is COC(=O)C1=C(C)N=c2s/c(=C/c3ccoc3)c(=O)n2[C@@H]1c1cnn(C)c1C. The molecule has 3 aromatic heterocycles. The van der Waals surface area contributed by atoms with Crippen LogP contribution in [0.25, 0.3) is 6.08 Å². The molecule has 9 heteroatoms. The van der Waals surface area contributed by atoms with Crippen molar-refractivity contribution in [2.45, 2.75) is 19.9 Å². The number of allylic oxidation sites excluding steroid dienone is 1. The highest BCUT2D eigenvalue weighted by atomic mass is 32.1. The quantitative estimate of drug-likeness (QED) is 0.615. The summed E-state index contributed by atoms with van der Waals surface area (Å²) in [6.45, 7) is 3.64. The van der Waals surface area contributed by atoms with Crippen LogP contribution in [0.3, 0.4) is 0 Å². The van der Waals surface area contributed by atoms with Crippen LogP contribution in [0.1, 0.15) is 29.8 Å². The van der Waals surface area contributed by atoms with Gasteiger partial charge in [-0.3, -0.25) is 14.0 Å². The van der Waals surface area contributed by atoms with Crippen molar-refractivity contribution in [3.05, 3.63) is 72.6 Å². The first-order valence-corrected chi connectivity index (χ1v) is 9.35. The van der Waals surface area contributed by atoms with Gasteiger partial charge in [0, 0.05) is 23.9 Å². The fourth-order valence-electron chi connectivity index (χ4n) is 3.28. The van der Waals surface area contributed by atoms with E-state index in [1.165, 1.54) is 18.4 Å². The van der Waals surface area contributed by atoms with Gasteiger partial charge in [-0.1, -0.05) is 11.3 Å². The summed E-state index contributed by atoms with van der Waals surface area (Å²) in [5, 5.41) is 4.29. The maximum absolute atomic E-state index is 13.3. The van der Waals surface area contributed by atoms with E-state index in [1.807, 2.05) is 14.0 Å². The lowest BCUT2D eigenvalue weighted by Crippen LogP contribution is -2.40. The molecule has 0 saturated heterocycles. The van der Waals surface area contributed by atoms with E-state index < -0.39 is 12.0 Å². The molecule has 4 rings (SSSR count). The Kier molecular flexibility index (Phi) is 4.38. The van der Waals surface area contributed by atoms with Crippen LogP contribution in [0.4, 0.5) is 0 Å². The molecular weight excluding hydrogens is 380 g/mol. The van der Waals surface area contributed by atoms with Gasteiger partial charge < -0.3 is 9.15 Å². The zero-order valence-corrected chi connectivity index (χ0v) is 16.6. The highest BCUT2D eigenvalue weighted by Crippen LogP contribution is 2.31. The Balaban J connectivity index is 2.03. The molecule has 0 aliphatic carbocycles. The molecular formula is C19H18N4O4S. The van der Waals surface area contributed by atoms with E-state index in [9.17, 15) is 9.59 Å². The summed E-state index contributed by atoms with van der Waals surface area (Å²) < 4.78 is 13.8. The number of rotatable bonds is 3. The number of thiazole rings is 1. The molecule has 1 atom stereocenters. The molecule has 0 bridgehead atoms. The van der Waals surface area contributed by atoms with Crippen LogP contribution in [0.2, 0.25) is 0 Å². The fourth-order valence-corrected chi connectivity index (χ4v) is 4.33. The van der Waals surface area contributed by atoms with E-state index >= 15 is 0 Å². The Morgan fingerprint density at radius 2 is 2.18 bits per heavy atom. The van der Waals surface area contributed by atoms with Gasteiger partial charge in [-0.2, -0.15) is 5.10 Å². The Labute approximate surface area is 163 Å². The lowest BCUT2D eigenvalue weighted by molar-refractivity contribution is -0.136. The predicted molar refractivity (Wildman–Crippen MR) is 102 cm³/mol. The standard InChI is InChI=1S/C19H18N4O4S/c1-10-15(18(25)26-4)16(13-8-20-22(3)11(13)2)23-17(24)14(28-19(23)21-10)7-12-5-6-27-9-12/h5-9,16H,1-4H3/b14-7+/t16-/m1/s1. The summed E-state index contributed by atoms with van der Waals surface area (Å²) in [6.07, 6.45) is 6.53. The number of nitrogens with zero attached hydrogens (tertiary/aromatic N) is 4. The van der Waals surface area contributed by atoms with Crippen LogP contribution in [-0.4, -0.2) is 27.4 Å². The van der Waals surface area contributed by atoms with Crippen molar-refractivity contribution in [3.8, 4) is 0 Å². The maximum Gasteiger partial charge on any atom is 0.338 e. The van der Waals surface area contributed by atoms with E-state index in [1.54, 1.807) is 47.0 Å². The second-order valence-electron chi connectivity index (χ2n) is 6.44. The summed E-state index contributed by atoms with van der Waals surface area (Å²) >= 11 is 1.27. The van der Waals surface area contributed by atoms with Gasteiger partial charge in [-0.25, -0.2) is 9.79 Å². The Morgan fingerprint density at radius 1 is 1.39 bits per heavy atom. The van der Waals surface area contributed by atoms with Crippen molar-refractivity contribution in [3.63, 3.8) is 0 Å². The number of hydrogen-bond acceptors (Lipinski definition) is 7. The number of carbonyl (C=O) groups is 1. The van der Waals surface area contributed by atoms with Gasteiger partial charge >= 0.3 is 5.97 Å². The summed E-state index contributed by atoms with van der Waals surface area (Å²) in [6, 6.07) is 1.12. The van der Waals surface area contributed by atoms with Gasteiger partial charge in [0.1, 0.15) is 6.04 Å². The number of esters is 1. The third-order valence-corrected chi connectivity index (χ3v) is 5.82. The van der Waals surface area contributed by atoms with Crippen LogP contribution >= 0.6 is 11.3 Å². The molecule has 1 aliphatic rings. The van der Waals surface area contributed by atoms with Crippen molar-refractivity contribution < 1.29 is 13.9 Å². The van der Waals surface area contributed by atoms with Crippen molar-refractivity contribution in [2.75, 3.05) is 7.11 Å². The minimum Gasteiger partial charge on any atom is -0.472 e. The number of carbonyl (C=O) groups excluding carboxylic acids is 1. The van der Waals surface area contributed by atoms with Crippen LogP contribution in [-0.2, 0) is 16.6 Å². The fraction of sp³-hybridized carbons (Fsp3) is 0.263. The summed E-state index contributed by atoms with van der Waals surface area (Å²) in [5.41, 5.74) is 3.02. The summed E-state index contributed by atoms with van der Waals surface area (Å²) in [7, 11) is 3.13. The molecule has 8 nitrogen and oxygen atoms in total. The first kappa shape index (κ1) is 18.2. The average molecular weight is 398 g/mol. The van der Waals surface area contributed by atoms with E-state index in [4.69, 9.17) is 9.15 Å². The van der Waals surface area contributed by atoms with Crippen molar-refractivity contribution in [2.24, 2.45) is 12.0 Å². The average Bonchev–Trinajstić information content (AvgIpc) is 3.37. The third-order valence-electron chi connectivity index (χ3n) is 4.84. The van der Waals surface area contributed by atoms with Gasteiger partial charge in [0.05, 0.1) is 41.6 Å². The molecule has 0 amide bonds. The smallest absolute Gasteiger partial charge is 0.338 e. The second kappa shape index (κ2) is 6.75. The van der Waals surface area contributed by atoms with Crippen LogP contribution in [0, 0.1) is 6.92 Å². The van der Waals surface area contributed by atoms with Crippen LogP contribution < -0.4 is 14.9 Å². The Bertz CT molecular complexity index is 1270. The topological polar surface area (TPSA) is 91.6 Å². The first-order chi connectivity index (χ1) is 13.4. The molecule has 3 aromatic rings. The van der Waals surface area contributed by atoms with Crippen LogP contribution in [0.15, 0.2) is 50.3 Å². The Morgan fingerprint density at radius 3 is 2.79 bits per heavy atom. The Hall–Kier alpha value is -3.20. The molecule has 0 radical (unpaired) electrons. The van der Waals surface area contributed by atoms with Crippen molar-refractivity contribution >= 4 is 23.4 Å². The number of furan rings is 1. The molecule has 4 heterocycles. The van der Waals surface area contributed by atoms with E-state index in [0.717, 1.165) is 16.8 Å². The number of aromatic nitrogens is 3. The number of methoxy groups -OCH3 is 1. The predicted octanol–water partition coefficient (Wildman–Crippen LogP) is 1.04. The lowest BCUT2D eigenvalue weighted by atomic mass is 9.96. The van der Waals surface area contributed by atoms with Gasteiger partial charge in [-0.05, 0) is 26.0 Å². The molecule has 144 valence electrons. The molecule has 0 saturated carbocycles. The normalized spacial score (nSPS) is 16.9. The van der Waals surface area contributed by atoms with Gasteiger partial charge in [0.2, 0.25) is 0 Å². The third kappa shape index (κ3) is 2.75. The zero-order valence-electron chi connectivity index (χ0n) is 15.8. The highest BCUT2D eigenvalue weighted by Gasteiger charge is 2.34. The number of hydrogen-bond donors (Lipinski definition) is 0. The van der Waals surface area contributed by atoms with Crippen molar-refractivity contribution in [1.29, 1.82) is 0 Å². The second-order valence-corrected chi connectivity index (χ2v) is 7.45. The monoisotopic (exact) mass is 398 g/mol. The molecule has 0 aromatic carbocycles. The molecule has 0 spiro atoms. The van der Waals surface area contributed by atoms with Gasteiger partial charge in [0.25, 0.3) is 5.56 Å². The molecule has 0 unspecified atom stereocenters. The highest BCUT2D eigenvalue weighted by molar-refractivity contribution is 7.07. The molecule has 28 heavy (non-hydrogen) atoms. The first-order valence-electron chi connectivity index (χ1n) is 8.54.